The molecule has 4 N–H and O–H groups in total. The third kappa shape index (κ3) is 7.85. The minimum atomic E-state index is -0.274. The molecule has 38 heavy (non-hydrogen) atoms. The Balaban J connectivity index is 1.22. The molecule has 1 saturated carbocycles. The molecule has 1 heterocycles. The molecule has 8 nitrogen and oxygen atoms in total. The van der Waals surface area contributed by atoms with Crippen molar-refractivity contribution < 1.29 is 19.4 Å². The first-order chi connectivity index (χ1) is 18.5. The quantitative estimate of drug-likeness (QED) is 0.173. The maximum absolute atomic E-state index is 13.2. The van der Waals surface area contributed by atoms with E-state index in [9.17, 15) is 14.7 Å². The molecule has 2 aliphatic rings. The van der Waals surface area contributed by atoms with Gasteiger partial charge in [0.2, 0.25) is 5.91 Å². The van der Waals surface area contributed by atoms with Crippen molar-refractivity contribution >= 4 is 29.1 Å². The fourth-order valence-electron chi connectivity index (χ4n) is 5.21. The predicted octanol–water partition coefficient (Wildman–Crippen LogP) is 3.98. The van der Waals surface area contributed by atoms with Gasteiger partial charge in [-0.2, -0.15) is 0 Å². The minimum Gasteiger partial charge on any atom is -0.506 e. The van der Waals surface area contributed by atoms with Crippen LogP contribution in [0.25, 0.3) is 0 Å². The number of amides is 2. The molecule has 0 aromatic heterocycles. The van der Waals surface area contributed by atoms with Crippen molar-refractivity contribution in [3.63, 3.8) is 0 Å². The van der Waals surface area contributed by atoms with Gasteiger partial charge in [0.25, 0.3) is 5.91 Å². The van der Waals surface area contributed by atoms with Crippen molar-refractivity contribution in [2.75, 3.05) is 44.6 Å². The van der Waals surface area contributed by atoms with Crippen LogP contribution in [0.4, 0.5) is 5.69 Å². The lowest BCUT2D eigenvalue weighted by Gasteiger charge is -2.34. The van der Waals surface area contributed by atoms with Gasteiger partial charge >= 0.3 is 0 Å². The number of ether oxygens (including phenoxy) is 1. The molecule has 206 valence electrons. The number of nitrogens with one attached hydrogen (secondary N) is 3. The van der Waals surface area contributed by atoms with E-state index < -0.39 is 0 Å². The Morgan fingerprint density at radius 1 is 1.08 bits per heavy atom. The lowest BCUT2D eigenvalue weighted by Crippen LogP contribution is -2.45. The van der Waals surface area contributed by atoms with Crippen LogP contribution in [0.2, 0.25) is 0 Å². The lowest BCUT2D eigenvalue weighted by molar-refractivity contribution is -0.134. The Kier molecular flexibility index (Phi) is 10.7. The van der Waals surface area contributed by atoms with Gasteiger partial charge in [-0.15, -0.1) is 11.6 Å². The van der Waals surface area contributed by atoms with Crippen molar-refractivity contribution in [1.29, 1.82) is 0 Å². The third-order valence-electron chi connectivity index (χ3n) is 7.27. The van der Waals surface area contributed by atoms with Crippen LogP contribution in [0.1, 0.15) is 55.0 Å². The standard InChI is InChI=1S/C29H39ClN4O4/c30-24(21-7-3-1-4-8-21)19-32-16-14-27(37)34(23-9-5-2-6-10-23)18-17-31-15-13-22-11-12-25(35)28-29(22)38-20-26(36)33-28/h1,3-4,7-8,11-12,23-24,31-32,35H,2,5-6,9-10,13-20H2,(H,33,36). The van der Waals surface area contributed by atoms with E-state index in [4.69, 9.17) is 16.3 Å². The van der Waals surface area contributed by atoms with Gasteiger partial charge in [0.1, 0.15) is 11.4 Å². The summed E-state index contributed by atoms with van der Waals surface area (Å²) in [6, 6.07) is 13.7. The monoisotopic (exact) mass is 542 g/mol. The highest BCUT2D eigenvalue weighted by Crippen LogP contribution is 2.39. The van der Waals surface area contributed by atoms with E-state index in [1.54, 1.807) is 6.07 Å². The van der Waals surface area contributed by atoms with Gasteiger partial charge in [0.15, 0.2) is 12.4 Å². The topological polar surface area (TPSA) is 103 Å². The summed E-state index contributed by atoms with van der Waals surface area (Å²) in [6.07, 6.45) is 6.87. The number of hydrogen-bond acceptors (Lipinski definition) is 6. The van der Waals surface area contributed by atoms with Crippen molar-refractivity contribution in [1.82, 2.24) is 15.5 Å². The van der Waals surface area contributed by atoms with Crippen LogP contribution in [0.15, 0.2) is 42.5 Å². The number of fused-ring (bicyclic) bond motifs is 1. The largest absolute Gasteiger partial charge is 0.506 e. The van der Waals surface area contributed by atoms with Gasteiger partial charge in [-0.05, 0) is 43.0 Å². The molecule has 1 atom stereocenters. The van der Waals surface area contributed by atoms with E-state index >= 15 is 0 Å². The van der Waals surface area contributed by atoms with E-state index in [0.717, 1.165) is 24.0 Å². The van der Waals surface area contributed by atoms with Crippen LogP contribution in [0, 0.1) is 0 Å². The first-order valence-electron chi connectivity index (χ1n) is 13.7. The molecule has 1 aliphatic heterocycles. The zero-order chi connectivity index (χ0) is 26.7. The highest BCUT2D eigenvalue weighted by Gasteiger charge is 2.25. The maximum atomic E-state index is 13.2. The molecule has 0 radical (unpaired) electrons. The summed E-state index contributed by atoms with van der Waals surface area (Å²) < 4.78 is 5.57. The average molecular weight is 543 g/mol. The van der Waals surface area contributed by atoms with Gasteiger partial charge in [0, 0.05) is 38.6 Å². The van der Waals surface area contributed by atoms with Crippen LogP contribution in [-0.4, -0.2) is 67.2 Å². The highest BCUT2D eigenvalue weighted by molar-refractivity contribution is 6.21. The normalized spacial score (nSPS) is 16.3. The predicted molar refractivity (Wildman–Crippen MR) is 150 cm³/mol. The summed E-state index contributed by atoms with van der Waals surface area (Å²) in [4.78, 5) is 26.9. The Morgan fingerprint density at radius 3 is 2.66 bits per heavy atom. The number of aromatic hydroxyl groups is 1. The summed E-state index contributed by atoms with van der Waals surface area (Å²) in [5, 5.41) is 19.4. The molecule has 0 spiro atoms. The summed E-state index contributed by atoms with van der Waals surface area (Å²) in [5.41, 5.74) is 2.34. The van der Waals surface area contributed by atoms with Crippen molar-refractivity contribution in [2.24, 2.45) is 0 Å². The smallest absolute Gasteiger partial charge is 0.262 e. The van der Waals surface area contributed by atoms with Gasteiger partial charge in [0.05, 0.1) is 5.38 Å². The van der Waals surface area contributed by atoms with Gasteiger partial charge in [-0.3, -0.25) is 9.59 Å². The molecule has 1 unspecified atom stereocenters. The molecule has 2 aromatic rings. The maximum Gasteiger partial charge on any atom is 0.262 e. The fourth-order valence-corrected chi connectivity index (χ4v) is 5.46. The number of hydrogen-bond donors (Lipinski definition) is 4. The minimum absolute atomic E-state index is 0.00233. The van der Waals surface area contributed by atoms with Crippen LogP contribution in [0.5, 0.6) is 11.5 Å². The van der Waals surface area contributed by atoms with Crippen molar-refractivity contribution in [3.05, 3.63) is 53.6 Å². The van der Waals surface area contributed by atoms with Crippen LogP contribution >= 0.6 is 11.6 Å². The highest BCUT2D eigenvalue weighted by atomic mass is 35.5. The number of benzene rings is 2. The molecule has 1 fully saturated rings. The number of anilines is 1. The summed E-state index contributed by atoms with van der Waals surface area (Å²) in [5.74, 6) is 0.449. The average Bonchev–Trinajstić information content (AvgIpc) is 2.95. The van der Waals surface area contributed by atoms with Crippen LogP contribution in [-0.2, 0) is 16.0 Å². The SMILES string of the molecule is O=C1COc2c(CCNCCN(C(=O)CCNCC(Cl)c3ccccc3)C3CCCCC3)ccc(O)c2N1. The van der Waals surface area contributed by atoms with E-state index in [1.165, 1.54) is 19.3 Å². The number of carbonyl (C=O) groups is 2. The third-order valence-corrected chi connectivity index (χ3v) is 7.67. The molecule has 1 aliphatic carbocycles. The summed E-state index contributed by atoms with van der Waals surface area (Å²) in [6.45, 7) is 3.24. The van der Waals surface area contributed by atoms with E-state index in [-0.39, 0.29) is 29.5 Å². The molecule has 2 amide bonds. The summed E-state index contributed by atoms with van der Waals surface area (Å²) in [7, 11) is 0. The number of alkyl halides is 1. The lowest BCUT2D eigenvalue weighted by atomic mass is 9.94. The number of halogens is 1. The van der Waals surface area contributed by atoms with Gasteiger partial charge < -0.3 is 30.7 Å². The van der Waals surface area contributed by atoms with Crippen molar-refractivity contribution in [2.45, 2.75) is 56.4 Å². The molecule has 9 heteroatoms. The fraction of sp³-hybridized carbons (Fsp3) is 0.517. The molecule has 4 rings (SSSR count). The zero-order valence-corrected chi connectivity index (χ0v) is 22.6. The van der Waals surface area contributed by atoms with Crippen LogP contribution < -0.4 is 20.7 Å². The van der Waals surface area contributed by atoms with Gasteiger partial charge in [-0.1, -0.05) is 55.7 Å². The van der Waals surface area contributed by atoms with E-state index in [1.807, 2.05) is 36.4 Å². The number of nitrogens with zero attached hydrogens (tertiary/aromatic N) is 1. The Bertz CT molecular complexity index is 1060. The number of rotatable bonds is 13. The first kappa shape index (κ1) is 28.2. The number of carbonyl (C=O) groups excluding carboxylic acids is 2. The number of phenols is 1. The Labute approximate surface area is 230 Å². The molecular weight excluding hydrogens is 504 g/mol. The molecular formula is C29H39ClN4O4. The first-order valence-corrected chi connectivity index (χ1v) is 14.1. The molecule has 0 bridgehead atoms. The van der Waals surface area contributed by atoms with Crippen LogP contribution in [0.3, 0.4) is 0 Å². The van der Waals surface area contributed by atoms with E-state index in [0.29, 0.717) is 63.0 Å². The second-order valence-electron chi connectivity index (χ2n) is 10.00. The molecule has 2 aromatic carbocycles. The second kappa shape index (κ2) is 14.4. The number of phenolic OH excluding ortho intramolecular Hbond substituents is 1. The van der Waals surface area contributed by atoms with E-state index in [2.05, 4.69) is 20.9 Å². The Morgan fingerprint density at radius 2 is 1.87 bits per heavy atom. The van der Waals surface area contributed by atoms with Gasteiger partial charge in [-0.25, -0.2) is 0 Å². The summed E-state index contributed by atoms with van der Waals surface area (Å²) >= 11 is 6.50. The Hall–Kier alpha value is -2.81. The second-order valence-corrected chi connectivity index (χ2v) is 10.5. The molecule has 0 saturated heterocycles. The zero-order valence-electron chi connectivity index (χ0n) is 21.9. The van der Waals surface area contributed by atoms with Crippen molar-refractivity contribution in [3.8, 4) is 11.5 Å².